The quantitative estimate of drug-likeness (QED) is 0.507. The topological polar surface area (TPSA) is 73.5 Å². The van der Waals surface area contributed by atoms with Crippen LogP contribution in [0.15, 0.2) is 72.8 Å². The van der Waals surface area contributed by atoms with E-state index in [9.17, 15) is 9.59 Å². The van der Waals surface area contributed by atoms with Gasteiger partial charge in [0.15, 0.2) is 0 Å². The molecular weight excluding hydrogens is 424 g/mol. The van der Waals surface area contributed by atoms with E-state index in [2.05, 4.69) is 33.0 Å². The van der Waals surface area contributed by atoms with E-state index in [0.29, 0.717) is 12.0 Å². The van der Waals surface area contributed by atoms with Gasteiger partial charge in [0.1, 0.15) is 6.04 Å². The normalized spacial score (nSPS) is 14.4. The molecule has 0 aromatic heterocycles. The van der Waals surface area contributed by atoms with E-state index < -0.39 is 6.04 Å². The number of hydrogen-bond acceptors (Lipinski definition) is 4. The van der Waals surface area contributed by atoms with Crippen LogP contribution < -0.4 is 20.9 Å². The van der Waals surface area contributed by atoms with Crippen molar-refractivity contribution < 1.29 is 9.59 Å². The monoisotopic (exact) mass is 456 g/mol. The van der Waals surface area contributed by atoms with Crippen LogP contribution in [-0.4, -0.2) is 44.0 Å². The summed E-state index contributed by atoms with van der Waals surface area (Å²) in [4.78, 5) is 28.9. The number of rotatable bonds is 7. The van der Waals surface area contributed by atoms with Gasteiger partial charge in [0.25, 0.3) is 5.91 Å². The van der Waals surface area contributed by atoms with Crippen molar-refractivity contribution in [3.8, 4) is 0 Å². The summed E-state index contributed by atoms with van der Waals surface area (Å²) in [7, 11) is 0. The van der Waals surface area contributed by atoms with Crippen molar-refractivity contribution in [2.45, 2.75) is 26.3 Å². The lowest BCUT2D eigenvalue weighted by Crippen LogP contribution is -2.46. The molecule has 1 aliphatic rings. The number of nitrogens with one attached hydrogen (secondary N) is 3. The molecule has 3 N–H and O–H groups in total. The molecule has 0 saturated carbocycles. The molecule has 2 amide bonds. The standard InChI is InChI=1S/C28H32N4O2/c1-20-12-13-26(32-16-14-29-15-17-32)24(18-20)30-28(34)25(19-22-9-4-3-5-10-22)31-27(33)23-11-7-6-8-21(23)2/h3-13,18,25,29H,14-17,19H2,1-2H3,(H,30,34)(H,31,33). The minimum Gasteiger partial charge on any atom is -0.367 e. The van der Waals surface area contributed by atoms with Crippen LogP contribution in [0.3, 0.4) is 0 Å². The van der Waals surface area contributed by atoms with Gasteiger partial charge < -0.3 is 20.9 Å². The molecule has 1 atom stereocenters. The first-order valence-electron chi connectivity index (χ1n) is 11.8. The Balaban J connectivity index is 1.59. The molecule has 3 aromatic carbocycles. The number of aryl methyl sites for hydroxylation is 2. The van der Waals surface area contributed by atoms with Crippen molar-refractivity contribution in [2.24, 2.45) is 0 Å². The van der Waals surface area contributed by atoms with Gasteiger partial charge >= 0.3 is 0 Å². The molecule has 4 rings (SSSR count). The zero-order chi connectivity index (χ0) is 23.9. The van der Waals surface area contributed by atoms with Crippen LogP contribution in [0.4, 0.5) is 11.4 Å². The van der Waals surface area contributed by atoms with Crippen molar-refractivity contribution in [3.63, 3.8) is 0 Å². The van der Waals surface area contributed by atoms with Gasteiger partial charge in [-0.15, -0.1) is 0 Å². The van der Waals surface area contributed by atoms with Crippen LogP contribution in [0, 0.1) is 13.8 Å². The number of amides is 2. The highest BCUT2D eigenvalue weighted by atomic mass is 16.2. The van der Waals surface area contributed by atoms with E-state index in [1.165, 1.54) is 0 Å². The van der Waals surface area contributed by atoms with Gasteiger partial charge in [-0.2, -0.15) is 0 Å². The van der Waals surface area contributed by atoms with Gasteiger partial charge in [-0.3, -0.25) is 9.59 Å². The second kappa shape index (κ2) is 11.0. The Bertz CT molecular complexity index is 1140. The number of anilines is 2. The van der Waals surface area contributed by atoms with Crippen molar-refractivity contribution in [1.82, 2.24) is 10.6 Å². The molecule has 1 heterocycles. The van der Waals surface area contributed by atoms with Crippen molar-refractivity contribution in [2.75, 3.05) is 36.4 Å². The zero-order valence-electron chi connectivity index (χ0n) is 19.8. The number of carbonyl (C=O) groups is 2. The summed E-state index contributed by atoms with van der Waals surface area (Å²) in [5, 5.41) is 9.47. The minimum atomic E-state index is -0.717. The van der Waals surface area contributed by atoms with Gasteiger partial charge in [0.05, 0.1) is 11.4 Å². The summed E-state index contributed by atoms with van der Waals surface area (Å²) in [5.41, 5.74) is 5.28. The molecular formula is C28H32N4O2. The fraction of sp³-hybridized carbons (Fsp3) is 0.286. The summed E-state index contributed by atoms with van der Waals surface area (Å²) < 4.78 is 0. The van der Waals surface area contributed by atoms with Crippen LogP contribution in [0.1, 0.15) is 27.0 Å². The van der Waals surface area contributed by atoms with E-state index in [4.69, 9.17) is 0 Å². The third-order valence-corrected chi connectivity index (χ3v) is 6.16. The summed E-state index contributed by atoms with van der Waals surface area (Å²) in [6.45, 7) is 7.48. The van der Waals surface area contributed by atoms with Gasteiger partial charge in [-0.25, -0.2) is 0 Å². The van der Waals surface area contributed by atoms with Crippen molar-refractivity contribution in [1.29, 1.82) is 0 Å². The maximum absolute atomic E-state index is 13.6. The molecule has 1 aliphatic heterocycles. The summed E-state index contributed by atoms with van der Waals surface area (Å²) >= 11 is 0. The lowest BCUT2D eigenvalue weighted by molar-refractivity contribution is -0.118. The molecule has 6 nitrogen and oxygen atoms in total. The highest BCUT2D eigenvalue weighted by molar-refractivity contribution is 6.03. The Labute approximate surface area is 201 Å². The molecule has 1 unspecified atom stereocenters. The fourth-order valence-corrected chi connectivity index (χ4v) is 4.27. The van der Waals surface area contributed by atoms with Crippen molar-refractivity contribution in [3.05, 3.63) is 95.1 Å². The first-order valence-corrected chi connectivity index (χ1v) is 11.8. The number of carbonyl (C=O) groups excluding carboxylic acids is 2. The highest BCUT2D eigenvalue weighted by Crippen LogP contribution is 2.28. The zero-order valence-corrected chi connectivity index (χ0v) is 19.8. The Kier molecular flexibility index (Phi) is 7.60. The second-order valence-electron chi connectivity index (χ2n) is 8.78. The van der Waals surface area contributed by atoms with Crippen molar-refractivity contribution >= 4 is 23.2 Å². The predicted molar refractivity (Wildman–Crippen MR) is 137 cm³/mol. The largest absolute Gasteiger partial charge is 0.367 e. The average molecular weight is 457 g/mol. The molecule has 1 fully saturated rings. The fourth-order valence-electron chi connectivity index (χ4n) is 4.27. The third kappa shape index (κ3) is 5.83. The summed E-state index contributed by atoms with van der Waals surface area (Å²) in [6.07, 6.45) is 0.402. The van der Waals surface area contributed by atoms with E-state index in [1.54, 1.807) is 6.07 Å². The molecule has 6 heteroatoms. The SMILES string of the molecule is Cc1ccc(N2CCNCC2)c(NC(=O)C(Cc2ccccc2)NC(=O)c2ccccc2C)c1. The van der Waals surface area contributed by atoms with E-state index in [-0.39, 0.29) is 11.8 Å². The van der Waals surface area contributed by atoms with E-state index >= 15 is 0 Å². The molecule has 0 radical (unpaired) electrons. The molecule has 0 aliphatic carbocycles. The van der Waals surface area contributed by atoms with Gasteiger partial charge in [0, 0.05) is 38.2 Å². The third-order valence-electron chi connectivity index (χ3n) is 6.16. The number of nitrogens with zero attached hydrogens (tertiary/aromatic N) is 1. The molecule has 0 spiro atoms. The molecule has 3 aromatic rings. The van der Waals surface area contributed by atoms with Gasteiger partial charge in [-0.1, -0.05) is 54.6 Å². The highest BCUT2D eigenvalue weighted by Gasteiger charge is 2.24. The van der Waals surface area contributed by atoms with Crippen LogP contribution >= 0.6 is 0 Å². The Morgan fingerprint density at radius 1 is 0.941 bits per heavy atom. The van der Waals surface area contributed by atoms with Crippen LogP contribution in [0.2, 0.25) is 0 Å². The average Bonchev–Trinajstić information content (AvgIpc) is 2.85. The number of benzene rings is 3. The van der Waals surface area contributed by atoms with Crippen LogP contribution in [0.25, 0.3) is 0 Å². The Morgan fingerprint density at radius 2 is 1.65 bits per heavy atom. The first kappa shape index (κ1) is 23.5. The first-order chi connectivity index (χ1) is 16.5. The molecule has 0 bridgehead atoms. The number of piperazine rings is 1. The smallest absolute Gasteiger partial charge is 0.252 e. The predicted octanol–water partition coefficient (Wildman–Crippen LogP) is 3.69. The summed E-state index contributed by atoms with van der Waals surface area (Å²) in [6, 6.07) is 22.6. The van der Waals surface area contributed by atoms with Crippen LogP contribution in [0.5, 0.6) is 0 Å². The molecule has 176 valence electrons. The van der Waals surface area contributed by atoms with E-state index in [1.807, 2.05) is 68.4 Å². The van der Waals surface area contributed by atoms with Gasteiger partial charge in [0.2, 0.25) is 5.91 Å². The number of hydrogen-bond donors (Lipinski definition) is 3. The lowest BCUT2D eigenvalue weighted by Gasteiger charge is -2.31. The lowest BCUT2D eigenvalue weighted by atomic mass is 10.0. The molecule has 34 heavy (non-hydrogen) atoms. The van der Waals surface area contributed by atoms with Crippen LogP contribution in [-0.2, 0) is 11.2 Å². The summed E-state index contributed by atoms with van der Waals surface area (Å²) in [5.74, 6) is -0.478. The second-order valence-corrected chi connectivity index (χ2v) is 8.78. The Morgan fingerprint density at radius 3 is 2.38 bits per heavy atom. The Hall–Kier alpha value is -3.64. The van der Waals surface area contributed by atoms with Gasteiger partial charge in [-0.05, 0) is 48.7 Å². The molecule has 1 saturated heterocycles. The van der Waals surface area contributed by atoms with E-state index in [0.717, 1.165) is 54.2 Å². The minimum absolute atomic E-state index is 0.229. The maximum Gasteiger partial charge on any atom is 0.252 e. The maximum atomic E-state index is 13.6.